The van der Waals surface area contributed by atoms with Crippen LogP contribution in [0.25, 0.3) is 0 Å². The smallest absolute Gasteiger partial charge is 0.294 e. The zero-order valence-corrected chi connectivity index (χ0v) is 16.0. The van der Waals surface area contributed by atoms with E-state index in [1.807, 2.05) is 49.4 Å². The van der Waals surface area contributed by atoms with Crippen LogP contribution in [0.3, 0.4) is 0 Å². The maximum absolute atomic E-state index is 5.96. The third-order valence-corrected chi connectivity index (χ3v) is 3.86. The summed E-state index contributed by atoms with van der Waals surface area (Å²) in [6, 6.07) is 17.4. The molecule has 0 atom stereocenters. The van der Waals surface area contributed by atoms with E-state index < -0.39 is 0 Å². The Morgan fingerprint density at radius 3 is 2.46 bits per heavy atom. The highest BCUT2D eigenvalue weighted by atomic mass is 35.5. The molecule has 2 rings (SSSR count). The Morgan fingerprint density at radius 2 is 1.81 bits per heavy atom. The molecule has 5 heteroatoms. The summed E-state index contributed by atoms with van der Waals surface area (Å²) in [6.45, 7) is 6.19. The van der Waals surface area contributed by atoms with Crippen molar-refractivity contribution in [3.63, 3.8) is 0 Å². The van der Waals surface area contributed by atoms with Crippen LogP contribution in [-0.2, 0) is 11.3 Å². The van der Waals surface area contributed by atoms with Crippen molar-refractivity contribution in [2.24, 2.45) is 4.99 Å². The second-order valence-electron chi connectivity index (χ2n) is 5.32. The van der Waals surface area contributed by atoms with E-state index in [4.69, 9.17) is 27.9 Å². The number of ether oxygens (including phenoxy) is 1. The highest BCUT2D eigenvalue weighted by Crippen LogP contribution is 2.17. The Morgan fingerprint density at radius 1 is 1.12 bits per heavy atom. The Hall–Kier alpha value is -2.49. The molecule has 0 unspecified atom stereocenters. The summed E-state index contributed by atoms with van der Waals surface area (Å²) in [5.74, 6) is 0. The van der Waals surface area contributed by atoms with Gasteiger partial charge in [0.2, 0.25) is 0 Å². The predicted octanol–water partition coefficient (Wildman–Crippen LogP) is 6.35. The molecule has 0 saturated carbocycles. The number of hydrogen-bond donors (Lipinski definition) is 1. The van der Waals surface area contributed by atoms with Crippen LogP contribution in [-0.4, -0.2) is 6.02 Å². The molecule has 2 aromatic rings. The van der Waals surface area contributed by atoms with E-state index >= 15 is 0 Å². The lowest BCUT2D eigenvalue weighted by atomic mass is 10.2. The minimum atomic E-state index is 0.336. The number of nitrogens with one attached hydrogen (secondary N) is 1. The van der Waals surface area contributed by atoms with Crippen molar-refractivity contribution < 1.29 is 4.74 Å². The molecule has 0 aliphatic rings. The topological polar surface area (TPSA) is 33.6 Å². The Labute approximate surface area is 164 Å². The highest BCUT2D eigenvalue weighted by molar-refractivity contribution is 6.31. The quantitative estimate of drug-likeness (QED) is 0.356. The van der Waals surface area contributed by atoms with Gasteiger partial charge in [0.05, 0.1) is 5.69 Å². The van der Waals surface area contributed by atoms with Gasteiger partial charge in [-0.2, -0.15) is 4.99 Å². The minimum absolute atomic E-state index is 0.336. The van der Waals surface area contributed by atoms with Gasteiger partial charge in [-0.05, 0) is 48.9 Å². The fourth-order valence-corrected chi connectivity index (χ4v) is 2.10. The normalized spacial score (nSPS) is 12.3. The van der Waals surface area contributed by atoms with Crippen molar-refractivity contribution in [1.82, 2.24) is 5.32 Å². The zero-order valence-electron chi connectivity index (χ0n) is 14.5. The van der Waals surface area contributed by atoms with Gasteiger partial charge in [0.15, 0.2) is 0 Å². The lowest BCUT2D eigenvalue weighted by Crippen LogP contribution is -2.24. The average molecular weight is 387 g/mol. The number of aliphatic imine (C=N–C) groups is 1. The molecule has 0 aliphatic carbocycles. The second kappa shape index (κ2) is 10.5. The summed E-state index contributed by atoms with van der Waals surface area (Å²) in [7, 11) is 0. The first-order valence-corrected chi connectivity index (χ1v) is 8.79. The number of halogens is 2. The van der Waals surface area contributed by atoms with Crippen molar-refractivity contribution in [3.8, 4) is 0 Å². The van der Waals surface area contributed by atoms with Gasteiger partial charge in [0.25, 0.3) is 6.02 Å². The van der Waals surface area contributed by atoms with Gasteiger partial charge in [-0.3, -0.25) is 0 Å². The molecule has 0 heterocycles. The summed E-state index contributed by atoms with van der Waals surface area (Å²) in [5.41, 5.74) is 2.36. The maximum Gasteiger partial charge on any atom is 0.294 e. The van der Waals surface area contributed by atoms with Gasteiger partial charge < -0.3 is 10.1 Å². The third kappa shape index (κ3) is 7.18. The number of rotatable bonds is 6. The van der Waals surface area contributed by atoms with Crippen LogP contribution in [0.15, 0.2) is 95.1 Å². The van der Waals surface area contributed by atoms with Gasteiger partial charge in [-0.25, -0.2) is 0 Å². The van der Waals surface area contributed by atoms with E-state index in [2.05, 4.69) is 16.9 Å². The number of hydrogen-bond acceptors (Lipinski definition) is 2. The molecule has 0 radical (unpaired) electrons. The van der Waals surface area contributed by atoms with Crippen LogP contribution in [0, 0.1) is 0 Å². The van der Waals surface area contributed by atoms with E-state index in [0.717, 1.165) is 5.56 Å². The van der Waals surface area contributed by atoms with Gasteiger partial charge in [0, 0.05) is 15.8 Å². The van der Waals surface area contributed by atoms with E-state index in [9.17, 15) is 0 Å². The molecule has 2 aromatic carbocycles. The van der Waals surface area contributed by atoms with Gasteiger partial charge >= 0.3 is 0 Å². The van der Waals surface area contributed by atoms with Gasteiger partial charge in [-0.15, -0.1) is 0 Å². The summed E-state index contributed by atoms with van der Waals surface area (Å²) >= 11 is 11.9. The van der Waals surface area contributed by atoms with Crippen molar-refractivity contribution in [3.05, 3.63) is 101 Å². The molecule has 0 spiro atoms. The first kappa shape index (κ1) is 19.8. The van der Waals surface area contributed by atoms with Crippen LogP contribution in [0.5, 0.6) is 0 Å². The summed E-state index contributed by atoms with van der Waals surface area (Å²) in [5, 5.41) is 4.33. The Bertz CT molecular complexity index is 810. The summed E-state index contributed by atoms with van der Waals surface area (Å²) in [4.78, 5) is 4.48. The SMILES string of the molecule is C=C(/C=C\C(Cl)=C/C)NC(=Nc1ccc(Cl)cc1)OCc1ccccc1. The molecular formula is C21H20Cl2N2O. The van der Waals surface area contributed by atoms with Crippen LogP contribution in [0.1, 0.15) is 12.5 Å². The van der Waals surface area contributed by atoms with Crippen molar-refractivity contribution in [2.75, 3.05) is 0 Å². The zero-order chi connectivity index (χ0) is 18.8. The molecule has 26 heavy (non-hydrogen) atoms. The lowest BCUT2D eigenvalue weighted by Gasteiger charge is -2.12. The van der Waals surface area contributed by atoms with Crippen molar-refractivity contribution >= 4 is 34.9 Å². The van der Waals surface area contributed by atoms with Gasteiger partial charge in [0.1, 0.15) is 6.61 Å². The minimum Gasteiger partial charge on any atom is -0.460 e. The van der Waals surface area contributed by atoms with Crippen molar-refractivity contribution in [2.45, 2.75) is 13.5 Å². The molecule has 0 bridgehead atoms. The number of nitrogens with zero attached hydrogens (tertiary/aromatic N) is 1. The Kier molecular flexibility index (Phi) is 8.00. The molecule has 1 N–H and O–H groups in total. The molecular weight excluding hydrogens is 367 g/mol. The molecule has 3 nitrogen and oxygen atoms in total. The molecule has 0 aliphatic heterocycles. The number of amidine groups is 1. The molecule has 0 aromatic heterocycles. The second-order valence-corrected chi connectivity index (χ2v) is 6.20. The standard InChI is InChI=1S/C21H20Cl2N2O/c1-3-18(22)10-9-16(2)24-21(25-20-13-11-19(23)12-14-20)26-15-17-7-5-4-6-8-17/h3-14H,2,15H2,1H3,(H,24,25)/b10-9-,18-3+. The molecule has 0 amide bonds. The molecule has 134 valence electrons. The van der Waals surface area contributed by atoms with Gasteiger partial charge in [-0.1, -0.05) is 66.2 Å². The summed E-state index contributed by atoms with van der Waals surface area (Å²) in [6.07, 6.45) is 5.29. The van der Waals surface area contributed by atoms with Crippen LogP contribution in [0.2, 0.25) is 5.02 Å². The summed E-state index contributed by atoms with van der Waals surface area (Å²) < 4.78 is 5.83. The fourth-order valence-electron chi connectivity index (χ4n) is 1.91. The van der Waals surface area contributed by atoms with Crippen LogP contribution >= 0.6 is 23.2 Å². The maximum atomic E-state index is 5.96. The van der Waals surface area contributed by atoms with E-state index in [1.165, 1.54) is 0 Å². The number of benzene rings is 2. The Balaban J connectivity index is 2.13. The largest absolute Gasteiger partial charge is 0.460 e. The molecule has 0 fully saturated rings. The van der Waals surface area contributed by atoms with Crippen LogP contribution in [0.4, 0.5) is 5.69 Å². The monoisotopic (exact) mass is 386 g/mol. The van der Waals surface area contributed by atoms with E-state index in [-0.39, 0.29) is 0 Å². The van der Waals surface area contributed by atoms with E-state index in [1.54, 1.807) is 30.4 Å². The fraction of sp³-hybridized carbons (Fsp3) is 0.0952. The number of allylic oxidation sites excluding steroid dienone is 4. The third-order valence-electron chi connectivity index (χ3n) is 3.26. The highest BCUT2D eigenvalue weighted by Gasteiger charge is 2.03. The average Bonchev–Trinajstić information content (AvgIpc) is 2.66. The lowest BCUT2D eigenvalue weighted by molar-refractivity contribution is 0.281. The van der Waals surface area contributed by atoms with Crippen molar-refractivity contribution in [1.29, 1.82) is 0 Å². The predicted molar refractivity (Wildman–Crippen MR) is 111 cm³/mol. The van der Waals surface area contributed by atoms with E-state index in [0.29, 0.717) is 34.1 Å². The van der Waals surface area contributed by atoms with Crippen LogP contribution < -0.4 is 5.32 Å². The first-order chi connectivity index (χ1) is 12.6. The first-order valence-electron chi connectivity index (χ1n) is 8.03. The molecule has 0 saturated heterocycles.